The fourth-order valence-corrected chi connectivity index (χ4v) is 11.0. The number of ether oxygens (including phenoxy) is 5. The van der Waals surface area contributed by atoms with Crippen LogP contribution in [0.25, 0.3) is 0 Å². The molecule has 16 nitrogen and oxygen atoms in total. The highest BCUT2D eigenvalue weighted by Crippen LogP contribution is 2.64. The molecular weight excluding hydrogens is 889 g/mol. The van der Waals surface area contributed by atoms with Crippen LogP contribution in [0.3, 0.4) is 0 Å². The molecule has 1 heterocycles. The number of benzene rings is 4. The van der Waals surface area contributed by atoms with Crippen molar-refractivity contribution in [1.29, 1.82) is 0 Å². The van der Waals surface area contributed by atoms with Gasteiger partial charge in [-0.2, -0.15) is 0 Å². The van der Waals surface area contributed by atoms with Crippen molar-refractivity contribution in [3.63, 3.8) is 0 Å². The summed E-state index contributed by atoms with van der Waals surface area (Å²) in [5.74, 6) is -7.02. The highest BCUT2D eigenvalue weighted by atomic mass is 16.6. The average Bonchev–Trinajstić information content (AvgIpc) is 3.32. The summed E-state index contributed by atoms with van der Waals surface area (Å²) in [4.78, 5) is 85.9. The van der Waals surface area contributed by atoms with Crippen LogP contribution in [0.5, 0.6) is 0 Å². The maximum absolute atomic E-state index is 16.0. The number of anilines is 1. The standard InChI is InChI=1S/C53H56N2O14/c1-29-36(66-49(63)42(59)41(31-17-9-6-10-18-31)55-47(61)32-19-11-7-12-20-32)27-53(64)46(68-48(62)33-21-13-8-14-22-33)44-51(5,37(57)26-38-52(44,28-65-38)69-30(2)56)45(60)43(40(29)50(53,3)4)67-39(58)25-34-23-15-16-24-35(34)54/h6-24,36-38,41-44,46,57,59,64H,25-28,54H2,1-5H3,(H,55,61)/t36-,37-,38+,41-,42+,43+,44-,46-,51+,52-,53+/m0/s1. The van der Waals surface area contributed by atoms with Gasteiger partial charge in [0.25, 0.3) is 5.91 Å². The smallest absolute Gasteiger partial charge is 0.338 e. The molecule has 0 radical (unpaired) electrons. The summed E-state index contributed by atoms with van der Waals surface area (Å²) in [5, 5.41) is 40.9. The molecule has 8 rings (SSSR count). The monoisotopic (exact) mass is 944 g/mol. The number of rotatable bonds is 12. The number of nitrogens with two attached hydrogens (primary N) is 1. The number of ketones is 1. The number of aliphatic hydroxyl groups is 3. The van der Waals surface area contributed by atoms with Crippen LogP contribution in [-0.2, 0) is 49.3 Å². The summed E-state index contributed by atoms with van der Waals surface area (Å²) in [7, 11) is 0. The van der Waals surface area contributed by atoms with E-state index in [0.29, 0.717) is 11.1 Å². The molecule has 1 saturated heterocycles. The molecule has 3 aliphatic carbocycles. The first-order chi connectivity index (χ1) is 32.7. The highest BCUT2D eigenvalue weighted by Gasteiger charge is 2.78. The van der Waals surface area contributed by atoms with Crippen molar-refractivity contribution < 1.29 is 67.8 Å². The van der Waals surface area contributed by atoms with Crippen LogP contribution in [0.2, 0.25) is 0 Å². The fraction of sp³-hybridized carbons (Fsp3) is 0.396. The molecule has 11 atom stereocenters. The summed E-state index contributed by atoms with van der Waals surface area (Å²) >= 11 is 0. The van der Waals surface area contributed by atoms with Crippen LogP contribution >= 0.6 is 0 Å². The normalized spacial score (nSPS) is 29.8. The van der Waals surface area contributed by atoms with Gasteiger partial charge >= 0.3 is 23.9 Å². The van der Waals surface area contributed by atoms with Crippen LogP contribution in [0.15, 0.2) is 126 Å². The number of hydrogen-bond acceptors (Lipinski definition) is 15. The molecule has 2 bridgehead atoms. The molecule has 16 heteroatoms. The Balaban J connectivity index is 1.29. The summed E-state index contributed by atoms with van der Waals surface area (Å²) < 4.78 is 31.0. The summed E-state index contributed by atoms with van der Waals surface area (Å²) in [6.45, 7) is 6.86. The lowest BCUT2D eigenvalue weighted by Gasteiger charge is -2.67. The van der Waals surface area contributed by atoms with Gasteiger partial charge in [0.2, 0.25) is 0 Å². The van der Waals surface area contributed by atoms with Crippen molar-refractivity contribution >= 4 is 41.3 Å². The Hall–Kier alpha value is -6.72. The third-order valence-corrected chi connectivity index (χ3v) is 14.8. The topological polar surface area (TPSA) is 247 Å². The first-order valence-corrected chi connectivity index (χ1v) is 22.8. The van der Waals surface area contributed by atoms with E-state index in [2.05, 4.69) is 5.32 Å². The van der Waals surface area contributed by atoms with Crippen molar-refractivity contribution in [3.8, 4) is 0 Å². The Morgan fingerprint density at radius 2 is 1.43 bits per heavy atom. The van der Waals surface area contributed by atoms with Gasteiger partial charge in [-0.1, -0.05) is 98.8 Å². The molecule has 69 heavy (non-hydrogen) atoms. The van der Waals surface area contributed by atoms with Crippen molar-refractivity contribution in [2.24, 2.45) is 16.7 Å². The molecule has 2 saturated carbocycles. The molecule has 4 aromatic carbocycles. The molecule has 0 aromatic heterocycles. The van der Waals surface area contributed by atoms with Gasteiger partial charge in [-0.3, -0.25) is 19.2 Å². The van der Waals surface area contributed by atoms with Crippen molar-refractivity contribution in [2.75, 3.05) is 12.3 Å². The van der Waals surface area contributed by atoms with E-state index < -0.39 is 119 Å². The van der Waals surface area contributed by atoms with Gasteiger partial charge in [-0.25, -0.2) is 9.59 Å². The zero-order chi connectivity index (χ0) is 49.6. The first kappa shape index (κ1) is 48.7. The van der Waals surface area contributed by atoms with E-state index in [9.17, 15) is 39.3 Å². The number of carbonyl (C=O) groups is 6. The molecule has 362 valence electrons. The molecule has 1 amide bonds. The van der Waals surface area contributed by atoms with Gasteiger partial charge in [-0.05, 0) is 66.5 Å². The summed E-state index contributed by atoms with van der Waals surface area (Å²) in [6, 6.07) is 29.5. The number of hydrogen-bond donors (Lipinski definition) is 5. The number of nitrogen functional groups attached to an aromatic ring is 1. The van der Waals surface area contributed by atoms with Crippen LogP contribution in [0.1, 0.15) is 85.3 Å². The van der Waals surface area contributed by atoms with E-state index in [1.165, 1.54) is 26.0 Å². The number of para-hydroxylation sites is 1. The van der Waals surface area contributed by atoms with Gasteiger partial charge < -0.3 is 50.1 Å². The number of Topliss-reactive ketones (excluding diaryl/α,β-unsaturated/α-hetero) is 1. The lowest BCUT2D eigenvalue weighted by Crippen LogP contribution is -2.82. The number of carbonyl (C=O) groups excluding carboxylic acids is 6. The largest absolute Gasteiger partial charge is 0.456 e. The number of amides is 1. The van der Waals surface area contributed by atoms with Gasteiger partial charge in [0.15, 0.2) is 23.6 Å². The second-order valence-electron chi connectivity index (χ2n) is 19.1. The molecule has 3 fully saturated rings. The van der Waals surface area contributed by atoms with E-state index in [1.54, 1.807) is 117 Å². The van der Waals surface area contributed by atoms with Crippen molar-refractivity contribution in [2.45, 2.75) is 108 Å². The fourth-order valence-electron chi connectivity index (χ4n) is 11.0. The maximum Gasteiger partial charge on any atom is 0.338 e. The van der Waals surface area contributed by atoms with Gasteiger partial charge in [0, 0.05) is 36.4 Å². The van der Waals surface area contributed by atoms with E-state index >= 15 is 4.79 Å². The maximum atomic E-state index is 16.0. The Morgan fingerprint density at radius 3 is 2.03 bits per heavy atom. The lowest BCUT2D eigenvalue weighted by atomic mass is 9.44. The van der Waals surface area contributed by atoms with E-state index in [4.69, 9.17) is 29.4 Å². The SMILES string of the molecule is CC(=O)O[C@@]12CO[C@@H]1C[C@H](O)[C@@]1(C)C(=O)[C@H](OC(=O)Cc3ccccc3N)C3=C(C)[C@@H](OC(=O)[C@H](O)[C@@H](NC(=O)c4ccccc4)c4ccccc4)C[C@@](O)([C@@H](OC(=O)c4ccccc4)[C@H]21)C3(C)C. The average molecular weight is 945 g/mol. The summed E-state index contributed by atoms with van der Waals surface area (Å²) in [5.41, 5.74) is -0.502. The third kappa shape index (κ3) is 8.49. The molecule has 4 aliphatic rings. The summed E-state index contributed by atoms with van der Waals surface area (Å²) in [6.07, 6.45) is -11.3. The van der Waals surface area contributed by atoms with Gasteiger partial charge in [0.1, 0.15) is 23.9 Å². The minimum Gasteiger partial charge on any atom is -0.456 e. The minimum atomic E-state index is -2.45. The Morgan fingerprint density at radius 1 is 0.841 bits per heavy atom. The molecule has 0 spiro atoms. The van der Waals surface area contributed by atoms with Gasteiger partial charge in [0.05, 0.1) is 42.1 Å². The number of nitrogens with one attached hydrogen (secondary N) is 1. The molecule has 1 aliphatic heterocycles. The highest BCUT2D eigenvalue weighted by molar-refractivity contribution is 5.96. The zero-order valence-corrected chi connectivity index (χ0v) is 38.8. The third-order valence-electron chi connectivity index (χ3n) is 14.8. The van der Waals surface area contributed by atoms with E-state index in [1.807, 2.05) is 0 Å². The van der Waals surface area contributed by atoms with E-state index in [0.717, 1.165) is 6.92 Å². The Labute approximate surface area is 398 Å². The number of aliphatic hydroxyl groups excluding tert-OH is 2. The van der Waals surface area contributed by atoms with Crippen LogP contribution in [-0.4, -0.2) is 105 Å². The van der Waals surface area contributed by atoms with Crippen LogP contribution in [0, 0.1) is 16.7 Å². The second-order valence-corrected chi connectivity index (χ2v) is 19.1. The molecule has 0 unspecified atom stereocenters. The molecule has 6 N–H and O–H groups in total. The number of fused-ring (bicyclic) bond motifs is 5. The van der Waals surface area contributed by atoms with Crippen molar-refractivity contribution in [3.05, 3.63) is 149 Å². The van der Waals surface area contributed by atoms with Crippen LogP contribution < -0.4 is 11.1 Å². The van der Waals surface area contributed by atoms with Crippen molar-refractivity contribution in [1.82, 2.24) is 5.32 Å². The lowest BCUT2D eigenvalue weighted by molar-refractivity contribution is -0.346. The van der Waals surface area contributed by atoms with Gasteiger partial charge in [-0.15, -0.1) is 0 Å². The Bertz CT molecular complexity index is 2680. The van der Waals surface area contributed by atoms with Crippen LogP contribution in [0.4, 0.5) is 5.69 Å². The zero-order valence-electron chi connectivity index (χ0n) is 38.8. The Kier molecular flexibility index (Phi) is 13.2. The first-order valence-electron chi connectivity index (χ1n) is 22.8. The molecule has 4 aromatic rings. The predicted octanol–water partition coefficient (Wildman–Crippen LogP) is 4.54. The quantitative estimate of drug-likeness (QED) is 0.0566. The predicted molar refractivity (Wildman–Crippen MR) is 247 cm³/mol. The second kappa shape index (κ2) is 18.6. The molecular formula is C53H56N2O14. The number of esters is 4. The minimum absolute atomic E-state index is 0.0407. The van der Waals surface area contributed by atoms with E-state index in [-0.39, 0.29) is 41.0 Å².